The Morgan fingerprint density at radius 1 is 1.28 bits per heavy atom. The van der Waals surface area contributed by atoms with E-state index < -0.39 is 18.3 Å². The zero-order chi connectivity index (χ0) is 13.4. The number of hydrogen-bond acceptors (Lipinski definition) is 3. The quantitative estimate of drug-likeness (QED) is 0.738. The molecule has 1 aromatic rings. The Bertz CT molecular complexity index is 391. The molecule has 0 aromatic heterocycles. The molecule has 0 aliphatic carbocycles. The van der Waals surface area contributed by atoms with Crippen LogP contribution in [0.5, 0.6) is 0 Å². The molecule has 18 heavy (non-hydrogen) atoms. The van der Waals surface area contributed by atoms with Crippen molar-refractivity contribution >= 4 is 11.9 Å². The Kier molecular flexibility index (Phi) is 5.87. The highest BCUT2D eigenvalue weighted by atomic mass is 16.5. The maximum atomic E-state index is 11.8. The molecule has 0 bridgehead atoms. The average molecular weight is 251 g/mol. The van der Waals surface area contributed by atoms with Gasteiger partial charge in [-0.15, -0.1) is 0 Å². The molecule has 1 aromatic carbocycles. The Morgan fingerprint density at radius 2 is 1.94 bits per heavy atom. The van der Waals surface area contributed by atoms with Gasteiger partial charge in [0.05, 0.1) is 6.61 Å². The van der Waals surface area contributed by atoms with E-state index in [0.29, 0.717) is 19.7 Å². The first kappa shape index (κ1) is 14.2. The number of benzene rings is 1. The minimum absolute atomic E-state index is 0.386. The normalized spacial score (nSPS) is 10.1. The summed E-state index contributed by atoms with van der Waals surface area (Å²) in [5, 5.41) is 8.65. The lowest BCUT2D eigenvalue weighted by Gasteiger charge is -2.21. The van der Waals surface area contributed by atoms with Crippen LogP contribution in [-0.4, -0.2) is 42.1 Å². The maximum Gasteiger partial charge on any atom is 0.312 e. The van der Waals surface area contributed by atoms with Gasteiger partial charge >= 0.3 is 5.97 Å². The molecule has 0 saturated heterocycles. The molecular formula is C13H17NO4. The summed E-state index contributed by atoms with van der Waals surface area (Å²) in [6.45, 7) is 1.17. The summed E-state index contributed by atoms with van der Waals surface area (Å²) < 4.78 is 4.92. The van der Waals surface area contributed by atoms with Gasteiger partial charge in [-0.1, -0.05) is 30.3 Å². The summed E-state index contributed by atoms with van der Waals surface area (Å²) in [5.41, 5.74) is 0.965. The minimum Gasteiger partial charge on any atom is -0.481 e. The lowest BCUT2D eigenvalue weighted by Crippen LogP contribution is -2.34. The zero-order valence-electron chi connectivity index (χ0n) is 10.3. The van der Waals surface area contributed by atoms with Crippen LogP contribution in [-0.2, 0) is 20.9 Å². The van der Waals surface area contributed by atoms with E-state index in [0.717, 1.165) is 5.56 Å². The molecule has 1 N–H and O–H groups in total. The fraction of sp³-hybridized carbons (Fsp3) is 0.385. The largest absolute Gasteiger partial charge is 0.481 e. The van der Waals surface area contributed by atoms with Gasteiger partial charge in [-0.25, -0.2) is 0 Å². The number of nitrogens with zero attached hydrogens (tertiary/aromatic N) is 1. The van der Waals surface area contributed by atoms with E-state index >= 15 is 0 Å². The van der Waals surface area contributed by atoms with Crippen LogP contribution in [0.15, 0.2) is 30.3 Å². The fourth-order valence-electron chi connectivity index (χ4n) is 1.54. The summed E-state index contributed by atoms with van der Waals surface area (Å²) in [7, 11) is 1.54. The van der Waals surface area contributed by atoms with Gasteiger partial charge in [0.15, 0.2) is 0 Å². The van der Waals surface area contributed by atoms with Gasteiger partial charge in [0.1, 0.15) is 6.42 Å². The zero-order valence-corrected chi connectivity index (χ0v) is 10.3. The lowest BCUT2D eigenvalue weighted by molar-refractivity contribution is -0.144. The maximum absolute atomic E-state index is 11.8. The average Bonchev–Trinajstić information content (AvgIpc) is 2.34. The Morgan fingerprint density at radius 3 is 2.50 bits per heavy atom. The summed E-state index contributed by atoms with van der Waals surface area (Å²) >= 11 is 0. The van der Waals surface area contributed by atoms with Crippen LogP contribution in [0.4, 0.5) is 0 Å². The number of rotatable bonds is 7. The number of amides is 1. The highest BCUT2D eigenvalue weighted by Crippen LogP contribution is 2.06. The van der Waals surface area contributed by atoms with Crippen LogP contribution in [0.3, 0.4) is 0 Å². The van der Waals surface area contributed by atoms with Crippen molar-refractivity contribution in [1.29, 1.82) is 0 Å². The monoisotopic (exact) mass is 251 g/mol. The van der Waals surface area contributed by atoms with Crippen LogP contribution < -0.4 is 0 Å². The molecule has 0 atom stereocenters. The number of carboxylic acids is 1. The molecule has 0 unspecified atom stereocenters. The topological polar surface area (TPSA) is 66.8 Å². The summed E-state index contributed by atoms with van der Waals surface area (Å²) in [4.78, 5) is 23.8. The number of aliphatic carboxylic acids is 1. The second kappa shape index (κ2) is 7.45. The van der Waals surface area contributed by atoms with E-state index in [-0.39, 0.29) is 0 Å². The van der Waals surface area contributed by atoms with Gasteiger partial charge in [0.25, 0.3) is 0 Å². The van der Waals surface area contributed by atoms with Gasteiger partial charge in [-0.05, 0) is 5.56 Å². The van der Waals surface area contributed by atoms with Crippen LogP contribution in [0.2, 0.25) is 0 Å². The molecule has 0 heterocycles. The number of carbonyl (C=O) groups is 2. The van der Waals surface area contributed by atoms with Gasteiger partial charge in [0.2, 0.25) is 5.91 Å². The van der Waals surface area contributed by atoms with Crippen LogP contribution >= 0.6 is 0 Å². The number of hydrogen-bond donors (Lipinski definition) is 1. The summed E-state index contributed by atoms with van der Waals surface area (Å²) in [6.07, 6.45) is -0.490. The highest BCUT2D eigenvalue weighted by molar-refractivity contribution is 5.93. The molecule has 0 aliphatic heterocycles. The third-order valence-corrected chi connectivity index (χ3v) is 2.44. The molecule has 0 radical (unpaired) electrons. The molecule has 0 fully saturated rings. The van der Waals surface area contributed by atoms with Crippen molar-refractivity contribution in [2.45, 2.75) is 13.0 Å². The van der Waals surface area contributed by atoms with Crippen molar-refractivity contribution in [1.82, 2.24) is 4.90 Å². The molecule has 1 amide bonds. The van der Waals surface area contributed by atoms with Crippen molar-refractivity contribution < 1.29 is 19.4 Å². The van der Waals surface area contributed by atoms with E-state index in [1.165, 1.54) is 4.90 Å². The number of methoxy groups -OCH3 is 1. The van der Waals surface area contributed by atoms with Crippen LogP contribution in [0.1, 0.15) is 12.0 Å². The molecular weight excluding hydrogens is 234 g/mol. The SMILES string of the molecule is COCCN(Cc1ccccc1)C(=O)CC(=O)O. The van der Waals surface area contributed by atoms with Crippen molar-refractivity contribution in [2.75, 3.05) is 20.3 Å². The lowest BCUT2D eigenvalue weighted by atomic mass is 10.2. The van der Waals surface area contributed by atoms with E-state index in [9.17, 15) is 9.59 Å². The van der Waals surface area contributed by atoms with Crippen LogP contribution in [0, 0.1) is 0 Å². The standard InChI is InChI=1S/C13H17NO4/c1-18-8-7-14(12(15)9-13(16)17)10-11-5-3-2-4-6-11/h2-6H,7-10H2,1H3,(H,16,17). The Hall–Kier alpha value is -1.88. The highest BCUT2D eigenvalue weighted by Gasteiger charge is 2.16. The summed E-state index contributed by atoms with van der Waals surface area (Å²) in [6, 6.07) is 9.45. The predicted molar refractivity (Wildman–Crippen MR) is 66.0 cm³/mol. The first-order chi connectivity index (χ1) is 8.63. The van der Waals surface area contributed by atoms with E-state index in [1.807, 2.05) is 30.3 Å². The minimum atomic E-state index is -1.12. The second-order valence-electron chi connectivity index (χ2n) is 3.86. The molecule has 1 rings (SSSR count). The molecule has 0 saturated carbocycles. The molecule has 5 nitrogen and oxygen atoms in total. The Balaban J connectivity index is 2.65. The molecule has 5 heteroatoms. The van der Waals surface area contributed by atoms with Crippen LogP contribution in [0.25, 0.3) is 0 Å². The first-order valence-electron chi connectivity index (χ1n) is 5.66. The van der Waals surface area contributed by atoms with Crippen molar-refractivity contribution in [2.24, 2.45) is 0 Å². The molecule has 0 spiro atoms. The Labute approximate surface area is 106 Å². The van der Waals surface area contributed by atoms with Gasteiger partial charge in [-0.3, -0.25) is 9.59 Å². The third kappa shape index (κ3) is 4.97. The van der Waals surface area contributed by atoms with Crippen molar-refractivity contribution in [3.8, 4) is 0 Å². The third-order valence-electron chi connectivity index (χ3n) is 2.44. The smallest absolute Gasteiger partial charge is 0.312 e. The number of ether oxygens (including phenoxy) is 1. The fourth-order valence-corrected chi connectivity index (χ4v) is 1.54. The van der Waals surface area contributed by atoms with E-state index in [1.54, 1.807) is 7.11 Å². The number of carboxylic acid groups (broad SMARTS) is 1. The van der Waals surface area contributed by atoms with E-state index in [4.69, 9.17) is 9.84 Å². The van der Waals surface area contributed by atoms with Crippen molar-refractivity contribution in [3.05, 3.63) is 35.9 Å². The first-order valence-corrected chi connectivity index (χ1v) is 5.66. The summed E-state index contributed by atoms with van der Waals surface area (Å²) in [5.74, 6) is -1.51. The van der Waals surface area contributed by atoms with E-state index in [2.05, 4.69) is 0 Å². The second-order valence-corrected chi connectivity index (χ2v) is 3.86. The van der Waals surface area contributed by atoms with Crippen molar-refractivity contribution in [3.63, 3.8) is 0 Å². The predicted octanol–water partition coefficient (Wildman–Crippen LogP) is 1.14. The van der Waals surface area contributed by atoms with Gasteiger partial charge < -0.3 is 14.7 Å². The van der Waals surface area contributed by atoms with Gasteiger partial charge in [0, 0.05) is 20.2 Å². The van der Waals surface area contributed by atoms with Gasteiger partial charge in [-0.2, -0.15) is 0 Å². The molecule has 0 aliphatic rings. The molecule has 98 valence electrons. The number of carbonyl (C=O) groups excluding carboxylic acids is 1.